The Morgan fingerprint density at radius 1 is 0.521 bits per heavy atom. The van der Waals surface area contributed by atoms with Gasteiger partial charge in [0.1, 0.15) is 13.2 Å². The Labute approximate surface area is 279 Å². The van der Waals surface area contributed by atoms with Crippen LogP contribution in [0, 0.1) is 0 Å². The SMILES string of the molecule is CCO.CCO.O=C(O)c1ccccc1.O=CO.O=CO.O=CO.O=COCCO.O=COCCO.c1ccccc1.c1ccccc1. The van der Waals surface area contributed by atoms with Gasteiger partial charge in [0.25, 0.3) is 32.4 Å². The molecule has 0 radical (unpaired) electrons. The summed E-state index contributed by atoms with van der Waals surface area (Å²) in [5.41, 5.74) is 0.331. The number of carbonyl (C=O) groups is 6. The van der Waals surface area contributed by atoms with Crippen LogP contribution in [0.25, 0.3) is 0 Å². The number of carboxylic acids is 1. The molecule has 0 unspecified atom stereocenters. The Balaban J connectivity index is -0.0000000801. The van der Waals surface area contributed by atoms with E-state index in [1.54, 1.807) is 44.2 Å². The van der Waals surface area contributed by atoms with Crippen LogP contribution in [0.4, 0.5) is 0 Å². The van der Waals surface area contributed by atoms with Gasteiger partial charge in [0, 0.05) is 13.2 Å². The highest BCUT2D eigenvalue weighted by atomic mass is 16.5. The van der Waals surface area contributed by atoms with Crippen molar-refractivity contribution < 1.29 is 79.1 Å². The van der Waals surface area contributed by atoms with Crippen molar-refractivity contribution in [3.05, 3.63) is 109 Å². The van der Waals surface area contributed by atoms with E-state index in [0.717, 1.165) is 0 Å². The number of benzene rings is 3. The molecule has 0 saturated heterocycles. The fourth-order valence-corrected chi connectivity index (χ4v) is 1.55. The van der Waals surface area contributed by atoms with E-state index in [9.17, 15) is 14.4 Å². The first-order chi connectivity index (χ1) is 23.2. The highest BCUT2D eigenvalue weighted by Crippen LogP contribution is 1.96. The number of hydrogen-bond acceptors (Lipinski definition) is 12. The molecule has 0 aliphatic carbocycles. The van der Waals surface area contributed by atoms with Crippen LogP contribution >= 0.6 is 0 Å². The summed E-state index contributed by atoms with van der Waals surface area (Å²) < 4.78 is 8.10. The third-order valence-corrected chi connectivity index (χ3v) is 2.91. The molecule has 0 atom stereocenters. The zero-order valence-corrected chi connectivity index (χ0v) is 26.8. The summed E-state index contributed by atoms with van der Waals surface area (Å²) in [4.78, 5) is 53.7. The van der Waals surface area contributed by atoms with Gasteiger partial charge in [-0.25, -0.2) is 4.79 Å². The van der Waals surface area contributed by atoms with Crippen LogP contribution in [0.1, 0.15) is 24.2 Å². The largest absolute Gasteiger partial charge is 0.483 e. The first-order valence-electron chi connectivity index (χ1n) is 13.3. The van der Waals surface area contributed by atoms with Gasteiger partial charge in [-0.3, -0.25) is 24.0 Å². The van der Waals surface area contributed by atoms with Crippen LogP contribution in [-0.4, -0.2) is 119 Å². The first kappa shape index (κ1) is 57.9. The van der Waals surface area contributed by atoms with E-state index in [1.165, 1.54) is 0 Å². The highest BCUT2D eigenvalue weighted by Gasteiger charge is 1.96. The number of carbonyl (C=O) groups excluding carboxylic acids is 2. The van der Waals surface area contributed by atoms with Crippen molar-refractivity contribution in [1.82, 2.24) is 0 Å². The van der Waals surface area contributed by atoms with Gasteiger partial charge in [0.15, 0.2) is 0 Å². The minimum Gasteiger partial charge on any atom is -0.483 e. The molecular formula is C32H48O16. The second-order valence-corrected chi connectivity index (χ2v) is 6.31. The number of ether oxygens (including phenoxy) is 2. The lowest BCUT2D eigenvalue weighted by molar-refractivity contribution is -0.130. The maximum atomic E-state index is 10.2. The van der Waals surface area contributed by atoms with Gasteiger partial charge in [-0.1, -0.05) is 91.0 Å². The van der Waals surface area contributed by atoms with Crippen molar-refractivity contribution >= 4 is 38.3 Å². The summed E-state index contributed by atoms with van der Waals surface area (Å²) in [6, 6.07) is 32.3. The van der Waals surface area contributed by atoms with Crippen LogP contribution in [0.5, 0.6) is 0 Å². The Morgan fingerprint density at radius 3 is 0.812 bits per heavy atom. The lowest BCUT2D eigenvalue weighted by Gasteiger charge is -1.88. The van der Waals surface area contributed by atoms with Crippen molar-refractivity contribution in [2.75, 3.05) is 39.6 Å². The Kier molecular flexibility index (Phi) is 88.2. The van der Waals surface area contributed by atoms with Crippen LogP contribution in [0.15, 0.2) is 103 Å². The topological polar surface area (TPSA) is 283 Å². The predicted molar refractivity (Wildman–Crippen MR) is 176 cm³/mol. The molecule has 8 N–H and O–H groups in total. The number of carboxylic acid groups (broad SMARTS) is 4. The lowest BCUT2D eigenvalue weighted by Crippen LogP contribution is -1.95. The third kappa shape index (κ3) is 105. The molecule has 0 fully saturated rings. The molecule has 0 heterocycles. The third-order valence-electron chi connectivity index (χ3n) is 2.91. The highest BCUT2D eigenvalue weighted by molar-refractivity contribution is 5.87. The zero-order chi connectivity index (χ0) is 38.4. The molecular weight excluding hydrogens is 640 g/mol. The van der Waals surface area contributed by atoms with Gasteiger partial charge in [-0.15, -0.1) is 0 Å². The zero-order valence-electron chi connectivity index (χ0n) is 26.8. The van der Waals surface area contributed by atoms with E-state index in [0.29, 0.717) is 18.5 Å². The molecule has 3 rings (SSSR count). The maximum absolute atomic E-state index is 10.2. The smallest absolute Gasteiger partial charge is 0.335 e. The number of aromatic carboxylic acids is 1. The lowest BCUT2D eigenvalue weighted by atomic mass is 10.2. The van der Waals surface area contributed by atoms with Gasteiger partial charge in [0.2, 0.25) is 0 Å². The van der Waals surface area contributed by atoms with E-state index < -0.39 is 5.97 Å². The van der Waals surface area contributed by atoms with Gasteiger partial charge < -0.3 is 50.3 Å². The summed E-state index contributed by atoms with van der Waals surface area (Å²) in [7, 11) is 0. The molecule has 0 aliphatic rings. The molecule has 272 valence electrons. The molecule has 0 amide bonds. The van der Waals surface area contributed by atoms with Crippen LogP contribution in [0.2, 0.25) is 0 Å². The Morgan fingerprint density at radius 2 is 0.708 bits per heavy atom. The van der Waals surface area contributed by atoms with Gasteiger partial charge >= 0.3 is 5.97 Å². The first-order valence-corrected chi connectivity index (χ1v) is 13.3. The molecule has 0 saturated carbocycles. The number of aliphatic hydroxyl groups is 4. The summed E-state index contributed by atoms with van der Waals surface area (Å²) >= 11 is 0. The monoisotopic (exact) mass is 688 g/mol. The summed E-state index contributed by atoms with van der Waals surface area (Å²) in [5, 5.41) is 60.0. The fourth-order valence-electron chi connectivity index (χ4n) is 1.55. The molecule has 16 heteroatoms. The molecule has 48 heavy (non-hydrogen) atoms. The number of rotatable bonds is 7. The van der Waals surface area contributed by atoms with Crippen LogP contribution < -0.4 is 0 Å². The van der Waals surface area contributed by atoms with Crippen LogP contribution in [0.3, 0.4) is 0 Å². The molecule has 3 aromatic carbocycles. The van der Waals surface area contributed by atoms with E-state index in [4.69, 9.17) is 55.2 Å². The molecule has 0 spiro atoms. The minimum atomic E-state index is -0.879. The minimum absolute atomic E-state index is 0.0985. The van der Waals surface area contributed by atoms with Crippen molar-refractivity contribution in [3.8, 4) is 0 Å². The molecule has 0 aliphatic heterocycles. The number of aliphatic hydroxyl groups excluding tert-OH is 4. The molecule has 3 aromatic rings. The fraction of sp³-hybridized carbons (Fsp3) is 0.250. The molecule has 0 aromatic heterocycles. The average Bonchev–Trinajstić information content (AvgIpc) is 3.11. The van der Waals surface area contributed by atoms with Gasteiger partial charge in [-0.05, 0) is 26.0 Å². The standard InChI is InChI=1S/C7H6O2.2C6H6.2C3H6O3.2C2H6O.3CH2O2/c8-7(9)6-4-2-1-3-5-6;2*1-2-4-6-5-3-1;2*4-1-2-6-3-5;2*1-2-3;3*2-1-3/h1-5H,(H,8,9);2*1-6H;2*3-4H,1-2H2;2*3H,2H2,1H3;3*1H,(H,2,3). The Bertz CT molecular complexity index is 835. The molecule has 0 bridgehead atoms. The van der Waals surface area contributed by atoms with E-state index in [1.807, 2.05) is 72.8 Å². The van der Waals surface area contributed by atoms with Crippen molar-refractivity contribution in [3.63, 3.8) is 0 Å². The van der Waals surface area contributed by atoms with Crippen LogP contribution in [-0.2, 0) is 33.4 Å². The van der Waals surface area contributed by atoms with E-state index in [-0.39, 0.29) is 59.1 Å². The van der Waals surface area contributed by atoms with Crippen molar-refractivity contribution in [1.29, 1.82) is 0 Å². The molecule has 16 nitrogen and oxygen atoms in total. The quantitative estimate of drug-likeness (QED) is 0.130. The second-order valence-electron chi connectivity index (χ2n) is 6.31. The summed E-state index contributed by atoms with van der Waals surface area (Å²) in [5.74, 6) is -0.879. The predicted octanol–water partition coefficient (Wildman–Crippen LogP) is 2.16. The van der Waals surface area contributed by atoms with Crippen molar-refractivity contribution in [2.45, 2.75) is 13.8 Å². The Hall–Kier alpha value is -5.68. The van der Waals surface area contributed by atoms with E-state index in [2.05, 4.69) is 9.47 Å². The van der Waals surface area contributed by atoms with Gasteiger partial charge in [0.05, 0.1) is 18.8 Å². The normalized spacial score (nSPS) is 7.04. The second kappa shape index (κ2) is 73.1. The van der Waals surface area contributed by atoms with Crippen molar-refractivity contribution in [2.24, 2.45) is 0 Å². The van der Waals surface area contributed by atoms with E-state index >= 15 is 0 Å². The van der Waals surface area contributed by atoms with Gasteiger partial charge in [-0.2, -0.15) is 0 Å². The maximum Gasteiger partial charge on any atom is 0.335 e. The summed E-state index contributed by atoms with van der Waals surface area (Å²) in [6.45, 7) is 3.72. The summed E-state index contributed by atoms with van der Waals surface area (Å²) in [6.07, 6.45) is 0. The number of hydrogen-bond donors (Lipinski definition) is 8. The average molecular weight is 689 g/mol.